The van der Waals surface area contributed by atoms with Crippen molar-refractivity contribution in [3.05, 3.63) is 23.9 Å². The summed E-state index contributed by atoms with van der Waals surface area (Å²) in [5.41, 5.74) is -0.780. The molecule has 0 bridgehead atoms. The van der Waals surface area contributed by atoms with Crippen molar-refractivity contribution >= 4 is 11.8 Å². The number of carboxylic acids is 1. The molecule has 1 unspecified atom stereocenters. The molecule has 1 atom stereocenters. The van der Waals surface area contributed by atoms with Gasteiger partial charge in [0.25, 0.3) is 0 Å². The van der Waals surface area contributed by atoms with Gasteiger partial charge < -0.3 is 10.4 Å². The van der Waals surface area contributed by atoms with Crippen LogP contribution in [0.1, 0.15) is 31.7 Å². The van der Waals surface area contributed by atoms with Crippen LogP contribution in [-0.2, 0) is 11.0 Å². The van der Waals surface area contributed by atoms with Gasteiger partial charge in [-0.1, -0.05) is 6.92 Å². The van der Waals surface area contributed by atoms with Crippen LogP contribution in [0.25, 0.3) is 0 Å². The molecule has 0 saturated carbocycles. The normalized spacial score (nSPS) is 13.0. The molecule has 1 aromatic rings. The van der Waals surface area contributed by atoms with Gasteiger partial charge in [0.2, 0.25) is 0 Å². The minimum Gasteiger partial charge on any atom is -0.481 e. The molecule has 0 spiro atoms. The number of aliphatic carboxylic acids is 1. The molecule has 0 amide bonds. The van der Waals surface area contributed by atoms with Crippen molar-refractivity contribution in [1.82, 2.24) is 4.98 Å². The third kappa shape index (κ3) is 5.90. The van der Waals surface area contributed by atoms with Crippen LogP contribution in [0.2, 0.25) is 0 Å². The average molecular weight is 290 g/mol. The predicted octanol–water partition coefficient (Wildman–Crippen LogP) is 3.40. The predicted molar refractivity (Wildman–Crippen MR) is 68.4 cm³/mol. The van der Waals surface area contributed by atoms with Crippen LogP contribution in [0.3, 0.4) is 0 Å². The van der Waals surface area contributed by atoms with E-state index in [1.165, 1.54) is 6.07 Å². The summed E-state index contributed by atoms with van der Waals surface area (Å²) in [6.07, 6.45) is -2.15. The fourth-order valence-electron chi connectivity index (χ4n) is 1.63. The van der Waals surface area contributed by atoms with E-state index in [9.17, 15) is 18.0 Å². The van der Waals surface area contributed by atoms with Gasteiger partial charge in [0.15, 0.2) is 0 Å². The summed E-state index contributed by atoms with van der Waals surface area (Å²) in [5, 5.41) is 11.5. The van der Waals surface area contributed by atoms with Crippen molar-refractivity contribution in [3.8, 4) is 0 Å². The molecule has 7 heteroatoms. The number of alkyl halides is 3. The minimum absolute atomic E-state index is 0.125. The third-order valence-electron chi connectivity index (χ3n) is 2.89. The molecule has 112 valence electrons. The van der Waals surface area contributed by atoms with Crippen molar-refractivity contribution in [2.24, 2.45) is 5.92 Å². The Hall–Kier alpha value is -1.79. The topological polar surface area (TPSA) is 62.2 Å². The summed E-state index contributed by atoms with van der Waals surface area (Å²) in [6.45, 7) is 2.48. The first kappa shape index (κ1) is 16.3. The van der Waals surface area contributed by atoms with Gasteiger partial charge >= 0.3 is 12.1 Å². The van der Waals surface area contributed by atoms with Crippen LogP contribution in [0.15, 0.2) is 18.3 Å². The number of rotatable bonds is 7. The van der Waals surface area contributed by atoms with Gasteiger partial charge in [-0.05, 0) is 30.9 Å². The van der Waals surface area contributed by atoms with E-state index in [-0.39, 0.29) is 12.3 Å². The minimum atomic E-state index is -4.38. The Morgan fingerprint density at radius 2 is 2.10 bits per heavy atom. The first-order valence-electron chi connectivity index (χ1n) is 6.28. The van der Waals surface area contributed by atoms with Gasteiger partial charge in [0.05, 0.1) is 5.56 Å². The van der Waals surface area contributed by atoms with Crippen LogP contribution >= 0.6 is 0 Å². The number of hydrogen-bond acceptors (Lipinski definition) is 3. The molecular weight excluding hydrogens is 273 g/mol. The fraction of sp³-hybridized carbons (Fsp3) is 0.538. The Morgan fingerprint density at radius 3 is 2.60 bits per heavy atom. The lowest BCUT2D eigenvalue weighted by atomic mass is 10.0. The molecule has 1 rings (SSSR count). The Kier molecular flexibility index (Phi) is 5.79. The van der Waals surface area contributed by atoms with Crippen molar-refractivity contribution in [3.63, 3.8) is 0 Å². The summed E-state index contributed by atoms with van der Waals surface area (Å²) in [5.74, 6) is -0.217. The summed E-state index contributed by atoms with van der Waals surface area (Å²) in [7, 11) is 0. The van der Waals surface area contributed by atoms with Crippen LogP contribution in [0.5, 0.6) is 0 Å². The molecule has 20 heavy (non-hydrogen) atoms. The number of carbonyl (C=O) groups is 1. The van der Waals surface area contributed by atoms with Gasteiger partial charge in [-0.2, -0.15) is 13.2 Å². The van der Waals surface area contributed by atoms with Crippen molar-refractivity contribution < 1.29 is 23.1 Å². The summed E-state index contributed by atoms with van der Waals surface area (Å²) < 4.78 is 37.0. The van der Waals surface area contributed by atoms with Gasteiger partial charge in [-0.25, -0.2) is 4.98 Å². The highest BCUT2D eigenvalue weighted by Crippen LogP contribution is 2.28. The SMILES string of the molecule is CC(CCNc1ccc(C(F)(F)F)cn1)CCC(=O)O. The van der Waals surface area contributed by atoms with Crippen LogP contribution in [-0.4, -0.2) is 22.6 Å². The van der Waals surface area contributed by atoms with Crippen LogP contribution in [0.4, 0.5) is 19.0 Å². The van der Waals surface area contributed by atoms with E-state index < -0.39 is 17.7 Å². The van der Waals surface area contributed by atoms with E-state index in [1.807, 2.05) is 6.92 Å². The Labute approximate surface area is 115 Å². The summed E-state index contributed by atoms with van der Waals surface area (Å²) in [4.78, 5) is 14.1. The second-order valence-electron chi connectivity index (χ2n) is 4.68. The molecular formula is C13H17F3N2O2. The Balaban J connectivity index is 2.34. The molecule has 2 N–H and O–H groups in total. The van der Waals surface area contributed by atoms with E-state index in [4.69, 9.17) is 5.11 Å². The molecule has 1 heterocycles. The number of nitrogens with one attached hydrogen (secondary N) is 1. The van der Waals surface area contributed by atoms with Crippen molar-refractivity contribution in [1.29, 1.82) is 0 Å². The number of pyridine rings is 1. The highest BCUT2D eigenvalue weighted by atomic mass is 19.4. The number of carboxylic acid groups (broad SMARTS) is 1. The number of hydrogen-bond donors (Lipinski definition) is 2. The lowest BCUT2D eigenvalue weighted by molar-refractivity contribution is -0.138. The van der Waals surface area contributed by atoms with Gasteiger partial charge in [-0.3, -0.25) is 4.79 Å². The first-order chi connectivity index (χ1) is 9.29. The van der Waals surface area contributed by atoms with Crippen molar-refractivity contribution in [2.75, 3.05) is 11.9 Å². The van der Waals surface area contributed by atoms with Crippen LogP contribution in [0, 0.1) is 5.92 Å². The van der Waals surface area contributed by atoms with E-state index in [0.717, 1.165) is 18.7 Å². The molecule has 0 aliphatic carbocycles. The monoisotopic (exact) mass is 290 g/mol. The maximum atomic E-state index is 12.3. The van der Waals surface area contributed by atoms with Crippen LogP contribution < -0.4 is 5.32 Å². The first-order valence-corrected chi connectivity index (χ1v) is 6.28. The van der Waals surface area contributed by atoms with E-state index >= 15 is 0 Å². The maximum absolute atomic E-state index is 12.3. The fourth-order valence-corrected chi connectivity index (χ4v) is 1.63. The zero-order valence-corrected chi connectivity index (χ0v) is 11.1. The summed E-state index contributed by atoms with van der Waals surface area (Å²) in [6, 6.07) is 2.26. The number of aromatic nitrogens is 1. The molecule has 0 aromatic carbocycles. The lowest BCUT2D eigenvalue weighted by Gasteiger charge is -2.12. The molecule has 0 radical (unpaired) electrons. The Morgan fingerprint density at radius 1 is 1.40 bits per heavy atom. The third-order valence-corrected chi connectivity index (χ3v) is 2.89. The van der Waals surface area contributed by atoms with Gasteiger partial charge in [0, 0.05) is 19.2 Å². The van der Waals surface area contributed by atoms with Gasteiger partial charge in [-0.15, -0.1) is 0 Å². The number of anilines is 1. The molecule has 0 aliphatic heterocycles. The zero-order chi connectivity index (χ0) is 15.2. The molecule has 0 fully saturated rings. The van der Waals surface area contributed by atoms with Crippen molar-refractivity contribution in [2.45, 2.75) is 32.4 Å². The second-order valence-corrected chi connectivity index (χ2v) is 4.68. The largest absolute Gasteiger partial charge is 0.481 e. The standard InChI is InChI=1S/C13H17F3N2O2/c1-9(2-5-12(19)20)6-7-17-11-4-3-10(8-18-11)13(14,15)16/h3-4,8-9H,2,5-7H2,1H3,(H,17,18)(H,19,20). The highest BCUT2D eigenvalue weighted by Gasteiger charge is 2.30. The quantitative estimate of drug-likeness (QED) is 0.808. The van der Waals surface area contributed by atoms with E-state index in [1.54, 1.807) is 0 Å². The van der Waals surface area contributed by atoms with Gasteiger partial charge in [0.1, 0.15) is 5.82 Å². The average Bonchev–Trinajstić information content (AvgIpc) is 2.36. The lowest BCUT2D eigenvalue weighted by Crippen LogP contribution is -2.10. The summed E-state index contributed by atoms with van der Waals surface area (Å²) >= 11 is 0. The van der Waals surface area contributed by atoms with E-state index in [0.29, 0.717) is 18.8 Å². The maximum Gasteiger partial charge on any atom is 0.417 e. The molecule has 0 aliphatic rings. The smallest absolute Gasteiger partial charge is 0.417 e. The van der Waals surface area contributed by atoms with E-state index in [2.05, 4.69) is 10.3 Å². The zero-order valence-electron chi connectivity index (χ0n) is 11.1. The molecule has 0 saturated heterocycles. The molecule has 1 aromatic heterocycles. The number of nitrogens with zero attached hydrogens (tertiary/aromatic N) is 1. The second kappa shape index (κ2) is 7.12. The highest BCUT2D eigenvalue weighted by molar-refractivity contribution is 5.66. The number of halogens is 3. The Bertz CT molecular complexity index is 432. The molecule has 4 nitrogen and oxygen atoms in total.